The molecule has 1 aliphatic rings. The highest BCUT2D eigenvalue weighted by Gasteiger charge is 2.26. The van der Waals surface area contributed by atoms with E-state index in [1.54, 1.807) is 0 Å². The zero-order valence-corrected chi connectivity index (χ0v) is 15.7. The predicted molar refractivity (Wildman–Crippen MR) is 106 cm³/mol. The van der Waals surface area contributed by atoms with Gasteiger partial charge >= 0.3 is 0 Å². The van der Waals surface area contributed by atoms with Crippen LogP contribution in [0.25, 0.3) is 11.3 Å². The van der Waals surface area contributed by atoms with Gasteiger partial charge in [0.05, 0.1) is 5.69 Å². The Bertz CT molecular complexity index is 892. The minimum absolute atomic E-state index is 0.0312. The van der Waals surface area contributed by atoms with E-state index < -0.39 is 0 Å². The molecule has 1 aromatic heterocycles. The highest BCUT2D eigenvalue weighted by atomic mass is 79.9. The molecule has 0 aliphatic carbocycles. The Hall–Kier alpha value is -2.60. The van der Waals surface area contributed by atoms with E-state index in [-0.39, 0.29) is 11.9 Å². The minimum Gasteiger partial charge on any atom is -0.353 e. The molecule has 2 heterocycles. The van der Waals surface area contributed by atoms with E-state index in [0.717, 1.165) is 41.1 Å². The Morgan fingerprint density at radius 3 is 2.69 bits per heavy atom. The standard InChI is InChI=1S/C20H19BrN4O/c21-16-8-6-15(7-9-16)20(26)22-17-10-11-25(13-17)19-12-18(23-24-19)14-4-2-1-3-5-14/h1-9,12,17H,10-11,13H2,(H,22,26)(H,23,24). The molecule has 6 heteroatoms. The van der Waals surface area contributed by atoms with Gasteiger partial charge < -0.3 is 10.2 Å². The highest BCUT2D eigenvalue weighted by molar-refractivity contribution is 9.10. The summed E-state index contributed by atoms with van der Waals surface area (Å²) in [4.78, 5) is 14.6. The number of amides is 1. The molecule has 2 N–H and O–H groups in total. The predicted octanol–water partition coefficient (Wildman–Crippen LogP) is 3.85. The summed E-state index contributed by atoms with van der Waals surface area (Å²) in [6.07, 6.45) is 0.912. The van der Waals surface area contributed by atoms with Crippen molar-refractivity contribution in [3.05, 3.63) is 70.7 Å². The molecular formula is C20H19BrN4O. The number of hydrogen-bond donors (Lipinski definition) is 2. The van der Waals surface area contributed by atoms with Crippen molar-refractivity contribution in [2.45, 2.75) is 12.5 Å². The summed E-state index contributed by atoms with van der Waals surface area (Å²) in [6.45, 7) is 1.64. The van der Waals surface area contributed by atoms with E-state index in [1.807, 2.05) is 42.5 Å². The lowest BCUT2D eigenvalue weighted by Gasteiger charge is -2.16. The normalized spacial score (nSPS) is 16.7. The maximum Gasteiger partial charge on any atom is 0.251 e. The third-order valence-corrected chi connectivity index (χ3v) is 5.13. The molecule has 1 amide bonds. The van der Waals surface area contributed by atoms with Gasteiger partial charge in [-0.05, 0) is 36.2 Å². The monoisotopic (exact) mass is 410 g/mol. The first-order valence-corrected chi connectivity index (χ1v) is 9.40. The molecule has 0 bridgehead atoms. The Balaban J connectivity index is 1.39. The van der Waals surface area contributed by atoms with Crippen molar-refractivity contribution in [1.29, 1.82) is 0 Å². The van der Waals surface area contributed by atoms with Crippen molar-refractivity contribution in [3.63, 3.8) is 0 Å². The first kappa shape index (κ1) is 16.8. The van der Waals surface area contributed by atoms with Gasteiger partial charge in [-0.2, -0.15) is 5.10 Å². The van der Waals surface area contributed by atoms with Gasteiger partial charge in [0.2, 0.25) is 0 Å². The van der Waals surface area contributed by atoms with Crippen LogP contribution < -0.4 is 10.2 Å². The van der Waals surface area contributed by atoms with Gasteiger partial charge in [-0.25, -0.2) is 0 Å². The molecule has 2 aromatic carbocycles. The molecule has 1 saturated heterocycles. The summed E-state index contributed by atoms with van der Waals surface area (Å²) in [6, 6.07) is 19.7. The van der Waals surface area contributed by atoms with Crippen molar-refractivity contribution < 1.29 is 4.79 Å². The lowest BCUT2D eigenvalue weighted by atomic mass is 10.1. The van der Waals surface area contributed by atoms with Crippen LogP contribution in [0.2, 0.25) is 0 Å². The Morgan fingerprint density at radius 2 is 1.92 bits per heavy atom. The van der Waals surface area contributed by atoms with Crippen molar-refractivity contribution in [1.82, 2.24) is 15.5 Å². The molecule has 26 heavy (non-hydrogen) atoms. The van der Waals surface area contributed by atoms with Crippen LogP contribution in [0.15, 0.2) is 65.1 Å². The molecular weight excluding hydrogens is 392 g/mol. The van der Waals surface area contributed by atoms with E-state index in [4.69, 9.17) is 0 Å². The van der Waals surface area contributed by atoms with Gasteiger partial charge in [-0.1, -0.05) is 46.3 Å². The number of benzene rings is 2. The SMILES string of the molecule is O=C(NC1CCN(c2cc(-c3ccccc3)[nH]n2)C1)c1ccc(Br)cc1. The molecule has 4 rings (SSSR count). The van der Waals surface area contributed by atoms with Crippen LogP contribution in [0, 0.1) is 0 Å². The number of anilines is 1. The second kappa shape index (κ2) is 7.33. The van der Waals surface area contributed by atoms with Crippen molar-refractivity contribution in [2.24, 2.45) is 0 Å². The average Bonchev–Trinajstić information content (AvgIpc) is 3.32. The number of carbonyl (C=O) groups is 1. The summed E-state index contributed by atoms with van der Waals surface area (Å²) >= 11 is 3.39. The fourth-order valence-electron chi connectivity index (χ4n) is 3.19. The Morgan fingerprint density at radius 1 is 1.15 bits per heavy atom. The van der Waals surface area contributed by atoms with Gasteiger partial charge in [-0.15, -0.1) is 0 Å². The first-order chi connectivity index (χ1) is 12.7. The molecule has 1 unspecified atom stereocenters. The lowest BCUT2D eigenvalue weighted by Crippen LogP contribution is -2.37. The molecule has 5 nitrogen and oxygen atoms in total. The van der Waals surface area contributed by atoms with Gasteiger partial charge in [0.25, 0.3) is 5.91 Å². The van der Waals surface area contributed by atoms with E-state index in [0.29, 0.717) is 5.56 Å². The summed E-state index contributed by atoms with van der Waals surface area (Å²) < 4.78 is 0.967. The van der Waals surface area contributed by atoms with Crippen LogP contribution >= 0.6 is 15.9 Å². The number of H-pyrrole nitrogens is 1. The van der Waals surface area contributed by atoms with Crippen LogP contribution in [0.4, 0.5) is 5.82 Å². The quantitative estimate of drug-likeness (QED) is 0.686. The maximum atomic E-state index is 12.4. The van der Waals surface area contributed by atoms with E-state index >= 15 is 0 Å². The van der Waals surface area contributed by atoms with E-state index in [1.165, 1.54) is 0 Å². The fourth-order valence-corrected chi connectivity index (χ4v) is 3.46. The number of rotatable bonds is 4. The average molecular weight is 411 g/mol. The highest BCUT2D eigenvalue weighted by Crippen LogP contribution is 2.24. The lowest BCUT2D eigenvalue weighted by molar-refractivity contribution is 0.0940. The molecule has 1 atom stereocenters. The molecule has 1 fully saturated rings. The largest absolute Gasteiger partial charge is 0.353 e. The number of aromatic nitrogens is 2. The third-order valence-electron chi connectivity index (χ3n) is 4.60. The van der Waals surface area contributed by atoms with Crippen molar-refractivity contribution >= 4 is 27.7 Å². The summed E-state index contributed by atoms with van der Waals surface area (Å²) in [5.74, 6) is 0.889. The first-order valence-electron chi connectivity index (χ1n) is 8.61. The molecule has 1 aliphatic heterocycles. The van der Waals surface area contributed by atoms with Gasteiger partial charge in [0.15, 0.2) is 5.82 Å². The van der Waals surface area contributed by atoms with Crippen LogP contribution in [-0.2, 0) is 0 Å². The number of aromatic amines is 1. The van der Waals surface area contributed by atoms with Crippen molar-refractivity contribution in [3.8, 4) is 11.3 Å². The zero-order valence-electron chi connectivity index (χ0n) is 14.2. The van der Waals surface area contributed by atoms with Crippen LogP contribution in [0.5, 0.6) is 0 Å². The van der Waals surface area contributed by atoms with Crippen LogP contribution in [0.1, 0.15) is 16.8 Å². The molecule has 3 aromatic rings. The molecule has 132 valence electrons. The van der Waals surface area contributed by atoms with Crippen LogP contribution in [0.3, 0.4) is 0 Å². The van der Waals surface area contributed by atoms with E-state index in [2.05, 4.69) is 54.5 Å². The number of carbonyl (C=O) groups excluding carboxylic acids is 1. The molecule has 0 radical (unpaired) electrons. The van der Waals surface area contributed by atoms with Gasteiger partial charge in [0, 0.05) is 35.2 Å². The molecule has 0 saturated carbocycles. The van der Waals surface area contributed by atoms with E-state index in [9.17, 15) is 4.79 Å². The molecule has 0 spiro atoms. The third kappa shape index (κ3) is 3.65. The summed E-state index contributed by atoms with van der Waals surface area (Å²) in [5.41, 5.74) is 2.80. The maximum absolute atomic E-state index is 12.4. The van der Waals surface area contributed by atoms with Crippen molar-refractivity contribution in [2.75, 3.05) is 18.0 Å². The zero-order chi connectivity index (χ0) is 17.9. The number of nitrogens with one attached hydrogen (secondary N) is 2. The topological polar surface area (TPSA) is 61.0 Å². The summed E-state index contributed by atoms with van der Waals surface area (Å²) in [7, 11) is 0. The second-order valence-corrected chi connectivity index (χ2v) is 7.33. The van der Waals surface area contributed by atoms with Gasteiger partial charge in [0.1, 0.15) is 0 Å². The second-order valence-electron chi connectivity index (χ2n) is 6.42. The number of halogens is 1. The van der Waals surface area contributed by atoms with Gasteiger partial charge in [-0.3, -0.25) is 9.89 Å². The minimum atomic E-state index is -0.0312. The van der Waals surface area contributed by atoms with Crippen LogP contribution in [-0.4, -0.2) is 35.2 Å². The fraction of sp³-hybridized carbons (Fsp3) is 0.200. The summed E-state index contributed by atoms with van der Waals surface area (Å²) in [5, 5.41) is 10.7. The Labute approximate surface area is 160 Å². The smallest absolute Gasteiger partial charge is 0.251 e. The number of nitrogens with zero attached hydrogens (tertiary/aromatic N) is 2. The number of hydrogen-bond acceptors (Lipinski definition) is 3. The Kier molecular flexibility index (Phi) is 4.75.